The first-order valence-electron chi connectivity index (χ1n) is 6.25. The summed E-state index contributed by atoms with van der Waals surface area (Å²) < 4.78 is 0. The van der Waals surface area contributed by atoms with E-state index in [1.165, 1.54) is 22.3 Å². The Hall–Kier alpha value is -1.57. The van der Waals surface area contributed by atoms with Gasteiger partial charge in [-0.1, -0.05) is 13.8 Å². The van der Waals surface area contributed by atoms with Crippen molar-refractivity contribution in [1.29, 1.82) is 0 Å². The molecule has 2 heteroatoms. The molecule has 17 heavy (non-hydrogen) atoms. The summed E-state index contributed by atoms with van der Waals surface area (Å²) in [5, 5.41) is 1.24. The normalized spacial score (nSPS) is 10.8. The molecule has 0 aliphatic rings. The smallest absolute Gasteiger partial charge is 0.0707 e. The zero-order valence-electron chi connectivity index (χ0n) is 11.1. The second-order valence-electron chi connectivity index (χ2n) is 4.57. The van der Waals surface area contributed by atoms with E-state index in [4.69, 9.17) is 4.98 Å². The number of benzene rings is 1. The van der Waals surface area contributed by atoms with Gasteiger partial charge < -0.3 is 4.90 Å². The van der Waals surface area contributed by atoms with Crippen LogP contribution in [-0.4, -0.2) is 19.1 Å². The quantitative estimate of drug-likeness (QED) is 0.800. The van der Waals surface area contributed by atoms with Gasteiger partial charge in [0.25, 0.3) is 0 Å². The van der Waals surface area contributed by atoms with E-state index in [1.54, 1.807) is 0 Å². The van der Waals surface area contributed by atoms with Crippen molar-refractivity contribution in [3.05, 3.63) is 35.5 Å². The number of pyridine rings is 1. The fraction of sp³-hybridized carbons (Fsp3) is 0.400. The molecule has 0 unspecified atom stereocenters. The summed E-state index contributed by atoms with van der Waals surface area (Å²) in [5.41, 5.74) is 4.93. The second-order valence-corrected chi connectivity index (χ2v) is 4.57. The highest BCUT2D eigenvalue weighted by Gasteiger charge is 2.05. The molecule has 90 valence electrons. The number of nitrogens with zero attached hydrogens (tertiary/aromatic N) is 2. The first kappa shape index (κ1) is 11.9. The van der Waals surface area contributed by atoms with Crippen LogP contribution in [0.2, 0.25) is 0 Å². The number of anilines is 1. The average molecular weight is 228 g/mol. The molecule has 1 heterocycles. The SMILES string of the molecule is CCc1cc2cc(N(C)C)ccc2nc1CC. The number of aromatic nitrogens is 1. The Bertz CT molecular complexity index is 530. The Morgan fingerprint density at radius 1 is 1.06 bits per heavy atom. The van der Waals surface area contributed by atoms with Crippen molar-refractivity contribution in [2.75, 3.05) is 19.0 Å². The maximum Gasteiger partial charge on any atom is 0.0707 e. The van der Waals surface area contributed by atoms with Crippen LogP contribution in [0.15, 0.2) is 24.3 Å². The lowest BCUT2D eigenvalue weighted by Crippen LogP contribution is -2.08. The molecule has 2 nitrogen and oxygen atoms in total. The number of fused-ring (bicyclic) bond motifs is 1. The second kappa shape index (κ2) is 4.74. The number of rotatable bonds is 3. The van der Waals surface area contributed by atoms with Crippen molar-refractivity contribution in [2.45, 2.75) is 26.7 Å². The van der Waals surface area contributed by atoms with E-state index in [0.717, 1.165) is 18.4 Å². The fourth-order valence-corrected chi connectivity index (χ4v) is 2.14. The lowest BCUT2D eigenvalue weighted by molar-refractivity contribution is 0.981. The first-order valence-corrected chi connectivity index (χ1v) is 6.25. The maximum atomic E-state index is 4.75. The summed E-state index contributed by atoms with van der Waals surface area (Å²) in [5.74, 6) is 0. The van der Waals surface area contributed by atoms with Gasteiger partial charge in [-0.3, -0.25) is 4.98 Å². The molecule has 1 aromatic carbocycles. The van der Waals surface area contributed by atoms with Crippen LogP contribution < -0.4 is 4.90 Å². The summed E-state index contributed by atoms with van der Waals surface area (Å²) in [6.07, 6.45) is 2.06. The minimum absolute atomic E-state index is 1.01. The highest BCUT2D eigenvalue weighted by molar-refractivity contribution is 5.83. The molecule has 0 spiro atoms. The van der Waals surface area contributed by atoms with Crippen molar-refractivity contribution in [1.82, 2.24) is 4.98 Å². The molecular weight excluding hydrogens is 208 g/mol. The Balaban J connectivity index is 2.62. The maximum absolute atomic E-state index is 4.75. The number of aryl methyl sites for hydroxylation is 2. The fourth-order valence-electron chi connectivity index (χ4n) is 2.14. The summed E-state index contributed by atoms with van der Waals surface area (Å²) in [6.45, 7) is 4.36. The predicted octanol–water partition coefficient (Wildman–Crippen LogP) is 3.43. The number of hydrogen-bond donors (Lipinski definition) is 0. The topological polar surface area (TPSA) is 16.1 Å². The van der Waals surface area contributed by atoms with Crippen LogP contribution in [0.4, 0.5) is 5.69 Å². The van der Waals surface area contributed by atoms with Crippen molar-refractivity contribution >= 4 is 16.6 Å². The van der Waals surface area contributed by atoms with Gasteiger partial charge >= 0.3 is 0 Å². The molecule has 0 aliphatic heterocycles. The average Bonchev–Trinajstić information content (AvgIpc) is 2.36. The Morgan fingerprint density at radius 3 is 2.41 bits per heavy atom. The third-order valence-corrected chi connectivity index (χ3v) is 3.20. The van der Waals surface area contributed by atoms with Gasteiger partial charge in [0, 0.05) is 30.9 Å². The lowest BCUT2D eigenvalue weighted by Gasteiger charge is -2.14. The lowest BCUT2D eigenvalue weighted by atomic mass is 10.1. The van der Waals surface area contributed by atoms with Gasteiger partial charge in [0.1, 0.15) is 0 Å². The van der Waals surface area contributed by atoms with E-state index in [1.807, 2.05) is 0 Å². The third-order valence-electron chi connectivity index (χ3n) is 3.20. The Labute approximate surface area is 103 Å². The molecule has 0 bridgehead atoms. The molecule has 0 N–H and O–H groups in total. The molecule has 0 fully saturated rings. The summed E-state index contributed by atoms with van der Waals surface area (Å²) in [7, 11) is 4.13. The molecule has 0 atom stereocenters. The molecule has 0 amide bonds. The standard InChI is InChI=1S/C15H20N2/c1-5-11-9-12-10-13(17(3)4)7-8-15(12)16-14(11)6-2/h7-10H,5-6H2,1-4H3. The van der Waals surface area contributed by atoms with Crippen LogP contribution in [0.25, 0.3) is 10.9 Å². The predicted molar refractivity (Wildman–Crippen MR) is 74.8 cm³/mol. The van der Waals surface area contributed by atoms with Gasteiger partial charge in [0.15, 0.2) is 0 Å². The minimum atomic E-state index is 1.01. The van der Waals surface area contributed by atoms with Crippen molar-refractivity contribution < 1.29 is 0 Å². The molecule has 2 aromatic rings. The molecule has 2 rings (SSSR count). The highest BCUT2D eigenvalue weighted by Crippen LogP contribution is 2.22. The summed E-state index contributed by atoms with van der Waals surface area (Å²) >= 11 is 0. The van der Waals surface area contributed by atoms with E-state index in [9.17, 15) is 0 Å². The largest absolute Gasteiger partial charge is 0.378 e. The zero-order chi connectivity index (χ0) is 12.4. The molecule has 1 aromatic heterocycles. The van der Waals surface area contributed by atoms with Gasteiger partial charge in [-0.15, -0.1) is 0 Å². The van der Waals surface area contributed by atoms with Gasteiger partial charge in [-0.2, -0.15) is 0 Å². The molecule has 0 saturated carbocycles. The Morgan fingerprint density at radius 2 is 1.82 bits per heavy atom. The Kier molecular flexibility index (Phi) is 3.32. The van der Waals surface area contributed by atoms with Crippen molar-refractivity contribution in [2.24, 2.45) is 0 Å². The summed E-state index contributed by atoms with van der Waals surface area (Å²) in [6, 6.07) is 8.73. The highest BCUT2D eigenvalue weighted by atomic mass is 15.1. The van der Waals surface area contributed by atoms with Crippen LogP contribution in [0, 0.1) is 0 Å². The van der Waals surface area contributed by atoms with Crippen LogP contribution in [0.5, 0.6) is 0 Å². The van der Waals surface area contributed by atoms with Crippen molar-refractivity contribution in [3.8, 4) is 0 Å². The van der Waals surface area contributed by atoms with Gasteiger partial charge in [-0.25, -0.2) is 0 Å². The number of hydrogen-bond acceptors (Lipinski definition) is 2. The van der Waals surface area contributed by atoms with Crippen LogP contribution >= 0.6 is 0 Å². The van der Waals surface area contributed by atoms with E-state index in [0.29, 0.717) is 0 Å². The first-order chi connectivity index (χ1) is 8.15. The van der Waals surface area contributed by atoms with Gasteiger partial charge in [0.2, 0.25) is 0 Å². The molecule has 0 aliphatic carbocycles. The van der Waals surface area contributed by atoms with E-state index in [-0.39, 0.29) is 0 Å². The molecule has 0 saturated heterocycles. The van der Waals surface area contributed by atoms with Crippen molar-refractivity contribution in [3.63, 3.8) is 0 Å². The monoisotopic (exact) mass is 228 g/mol. The van der Waals surface area contributed by atoms with Crippen LogP contribution in [0.3, 0.4) is 0 Å². The zero-order valence-corrected chi connectivity index (χ0v) is 11.1. The van der Waals surface area contributed by atoms with E-state index in [2.05, 4.69) is 57.1 Å². The van der Waals surface area contributed by atoms with E-state index >= 15 is 0 Å². The molecule has 0 radical (unpaired) electrons. The third kappa shape index (κ3) is 2.26. The summed E-state index contributed by atoms with van der Waals surface area (Å²) in [4.78, 5) is 6.87. The van der Waals surface area contributed by atoms with Crippen LogP contribution in [0.1, 0.15) is 25.1 Å². The van der Waals surface area contributed by atoms with Crippen LogP contribution in [-0.2, 0) is 12.8 Å². The van der Waals surface area contributed by atoms with Gasteiger partial charge in [0.05, 0.1) is 5.52 Å². The van der Waals surface area contributed by atoms with Gasteiger partial charge in [-0.05, 0) is 42.7 Å². The van der Waals surface area contributed by atoms with E-state index < -0.39 is 0 Å². The minimum Gasteiger partial charge on any atom is -0.378 e. The molecular formula is C15H20N2.